The van der Waals surface area contributed by atoms with Gasteiger partial charge in [0, 0.05) is 21.9 Å². The van der Waals surface area contributed by atoms with Gasteiger partial charge in [-0.15, -0.1) is 0 Å². The topological polar surface area (TPSA) is 80.4 Å². The molecule has 0 bridgehead atoms. The predicted octanol–water partition coefficient (Wildman–Crippen LogP) is 3.37. The zero-order chi connectivity index (χ0) is 14.5. The quantitative estimate of drug-likeness (QED) is 0.674. The minimum atomic E-state index is -0.873. The molecule has 0 amide bonds. The van der Waals surface area contributed by atoms with Gasteiger partial charge in [0.1, 0.15) is 0 Å². The standard InChI is InChI=1S/C14H11NO4S/c16-14(17)9-10-2-1-3-13(8-10)20-12-6-4-11(5-7-12)15(18)19/h1-8H,9H2,(H,16,17). The van der Waals surface area contributed by atoms with Crippen molar-refractivity contribution >= 4 is 23.4 Å². The minimum Gasteiger partial charge on any atom is -0.481 e. The van der Waals surface area contributed by atoms with Crippen LogP contribution in [0.25, 0.3) is 0 Å². The van der Waals surface area contributed by atoms with Crippen LogP contribution in [0.5, 0.6) is 0 Å². The number of nitro groups is 1. The highest BCUT2D eigenvalue weighted by molar-refractivity contribution is 7.99. The van der Waals surface area contributed by atoms with Gasteiger partial charge in [-0.2, -0.15) is 0 Å². The molecule has 0 saturated carbocycles. The van der Waals surface area contributed by atoms with Crippen molar-refractivity contribution in [2.24, 2.45) is 0 Å². The van der Waals surface area contributed by atoms with Crippen molar-refractivity contribution in [2.45, 2.75) is 16.2 Å². The fraction of sp³-hybridized carbons (Fsp3) is 0.0714. The van der Waals surface area contributed by atoms with Gasteiger partial charge in [-0.25, -0.2) is 0 Å². The monoisotopic (exact) mass is 289 g/mol. The molecule has 0 saturated heterocycles. The Morgan fingerprint density at radius 3 is 2.45 bits per heavy atom. The van der Waals surface area contributed by atoms with Crippen molar-refractivity contribution < 1.29 is 14.8 Å². The summed E-state index contributed by atoms with van der Waals surface area (Å²) < 4.78 is 0. The lowest BCUT2D eigenvalue weighted by Gasteiger charge is -2.03. The maximum absolute atomic E-state index is 10.7. The van der Waals surface area contributed by atoms with E-state index in [2.05, 4.69) is 0 Å². The van der Waals surface area contributed by atoms with Gasteiger partial charge in [0.2, 0.25) is 0 Å². The van der Waals surface area contributed by atoms with E-state index in [0.29, 0.717) is 0 Å². The summed E-state index contributed by atoms with van der Waals surface area (Å²) in [5.74, 6) is -0.873. The van der Waals surface area contributed by atoms with Crippen molar-refractivity contribution in [3.8, 4) is 0 Å². The zero-order valence-electron chi connectivity index (χ0n) is 10.4. The highest BCUT2D eigenvalue weighted by Crippen LogP contribution is 2.29. The second-order valence-electron chi connectivity index (χ2n) is 4.07. The van der Waals surface area contributed by atoms with Crippen LogP contribution in [0.2, 0.25) is 0 Å². The summed E-state index contributed by atoms with van der Waals surface area (Å²) in [7, 11) is 0. The lowest BCUT2D eigenvalue weighted by molar-refractivity contribution is -0.384. The molecule has 0 aliphatic carbocycles. The van der Waals surface area contributed by atoms with E-state index in [4.69, 9.17) is 5.11 Å². The van der Waals surface area contributed by atoms with Crippen molar-refractivity contribution in [1.82, 2.24) is 0 Å². The minimum absolute atomic E-state index is 0.0192. The molecule has 0 aliphatic rings. The van der Waals surface area contributed by atoms with Crippen LogP contribution in [-0.2, 0) is 11.2 Å². The largest absolute Gasteiger partial charge is 0.481 e. The Morgan fingerprint density at radius 1 is 1.15 bits per heavy atom. The summed E-state index contributed by atoms with van der Waals surface area (Å²) in [5, 5.41) is 19.3. The van der Waals surface area contributed by atoms with E-state index in [9.17, 15) is 14.9 Å². The Morgan fingerprint density at radius 2 is 1.85 bits per heavy atom. The molecule has 0 fully saturated rings. The Kier molecular flexibility index (Phi) is 4.37. The number of rotatable bonds is 5. The zero-order valence-corrected chi connectivity index (χ0v) is 11.2. The first-order chi connectivity index (χ1) is 9.54. The number of nitrogens with zero attached hydrogens (tertiary/aromatic N) is 1. The van der Waals surface area contributed by atoms with E-state index < -0.39 is 10.9 Å². The summed E-state index contributed by atoms with van der Waals surface area (Å²) in [4.78, 5) is 22.6. The molecule has 102 valence electrons. The first kappa shape index (κ1) is 14.1. The van der Waals surface area contributed by atoms with Crippen molar-refractivity contribution in [3.05, 3.63) is 64.2 Å². The molecule has 0 heterocycles. The van der Waals surface area contributed by atoms with Gasteiger partial charge < -0.3 is 5.11 Å². The number of carboxylic acids is 1. The molecule has 2 rings (SSSR count). The van der Waals surface area contributed by atoms with Gasteiger partial charge >= 0.3 is 5.97 Å². The molecule has 2 aromatic rings. The maximum Gasteiger partial charge on any atom is 0.307 e. The molecule has 0 atom stereocenters. The molecule has 1 N–H and O–H groups in total. The van der Waals surface area contributed by atoms with E-state index in [0.717, 1.165) is 15.4 Å². The third-order valence-electron chi connectivity index (χ3n) is 2.54. The number of carboxylic acid groups (broad SMARTS) is 1. The molecule has 0 spiro atoms. The Bertz CT molecular complexity index is 640. The molecule has 0 aliphatic heterocycles. The molecule has 20 heavy (non-hydrogen) atoms. The summed E-state index contributed by atoms with van der Waals surface area (Å²) in [6.45, 7) is 0. The van der Waals surface area contributed by atoms with E-state index in [1.54, 1.807) is 30.3 Å². The average Bonchev–Trinajstić information content (AvgIpc) is 2.39. The predicted molar refractivity (Wildman–Crippen MR) is 75.0 cm³/mol. The van der Waals surface area contributed by atoms with E-state index in [1.165, 1.54) is 23.9 Å². The Hall–Kier alpha value is -2.34. The number of non-ortho nitro benzene ring substituents is 1. The Balaban J connectivity index is 2.13. The fourth-order valence-electron chi connectivity index (χ4n) is 1.67. The molecular formula is C14H11NO4S. The van der Waals surface area contributed by atoms with Crippen LogP contribution in [0.3, 0.4) is 0 Å². The number of nitro benzene ring substituents is 1. The summed E-state index contributed by atoms with van der Waals surface area (Å²) >= 11 is 1.43. The highest BCUT2D eigenvalue weighted by atomic mass is 32.2. The van der Waals surface area contributed by atoms with E-state index in [-0.39, 0.29) is 12.1 Å². The average molecular weight is 289 g/mol. The number of hydrogen-bond acceptors (Lipinski definition) is 4. The maximum atomic E-state index is 10.7. The smallest absolute Gasteiger partial charge is 0.307 e. The molecule has 0 unspecified atom stereocenters. The third kappa shape index (κ3) is 3.83. The summed E-state index contributed by atoms with van der Waals surface area (Å²) in [6, 6.07) is 13.5. The molecule has 5 nitrogen and oxygen atoms in total. The Labute approximate surface area is 119 Å². The molecular weight excluding hydrogens is 278 g/mol. The molecule has 0 radical (unpaired) electrons. The number of aliphatic carboxylic acids is 1. The van der Waals surface area contributed by atoms with Crippen LogP contribution < -0.4 is 0 Å². The van der Waals surface area contributed by atoms with E-state index in [1.807, 2.05) is 6.07 Å². The lowest BCUT2D eigenvalue weighted by Crippen LogP contribution is -1.99. The van der Waals surface area contributed by atoms with Gasteiger partial charge in [-0.3, -0.25) is 14.9 Å². The second kappa shape index (κ2) is 6.21. The van der Waals surface area contributed by atoms with Crippen LogP contribution in [0.1, 0.15) is 5.56 Å². The molecule has 0 aromatic heterocycles. The van der Waals surface area contributed by atoms with Gasteiger partial charge in [-0.1, -0.05) is 23.9 Å². The lowest BCUT2D eigenvalue weighted by atomic mass is 10.2. The van der Waals surface area contributed by atoms with Gasteiger partial charge in [0.15, 0.2) is 0 Å². The van der Waals surface area contributed by atoms with Gasteiger partial charge in [0.25, 0.3) is 5.69 Å². The van der Waals surface area contributed by atoms with Crippen LogP contribution in [0, 0.1) is 10.1 Å². The first-order valence-corrected chi connectivity index (χ1v) is 6.59. The molecule has 2 aromatic carbocycles. The highest BCUT2D eigenvalue weighted by Gasteiger charge is 2.06. The van der Waals surface area contributed by atoms with Gasteiger partial charge in [-0.05, 0) is 29.8 Å². The molecule has 6 heteroatoms. The number of hydrogen-bond donors (Lipinski definition) is 1. The second-order valence-corrected chi connectivity index (χ2v) is 5.22. The van der Waals surface area contributed by atoms with Crippen LogP contribution in [0.15, 0.2) is 58.3 Å². The van der Waals surface area contributed by atoms with Gasteiger partial charge in [0.05, 0.1) is 11.3 Å². The summed E-state index contributed by atoms with van der Waals surface area (Å²) in [6.07, 6.45) is -0.0192. The van der Waals surface area contributed by atoms with Crippen LogP contribution >= 0.6 is 11.8 Å². The third-order valence-corrected chi connectivity index (χ3v) is 3.53. The van der Waals surface area contributed by atoms with Crippen molar-refractivity contribution in [2.75, 3.05) is 0 Å². The number of carbonyl (C=O) groups is 1. The van der Waals surface area contributed by atoms with Crippen LogP contribution in [0.4, 0.5) is 5.69 Å². The SMILES string of the molecule is O=C(O)Cc1cccc(Sc2ccc([N+](=O)[O-])cc2)c1. The van der Waals surface area contributed by atoms with Crippen LogP contribution in [-0.4, -0.2) is 16.0 Å². The first-order valence-electron chi connectivity index (χ1n) is 5.77. The fourth-order valence-corrected chi connectivity index (χ4v) is 2.57. The normalized spacial score (nSPS) is 10.2. The number of benzene rings is 2. The van der Waals surface area contributed by atoms with E-state index >= 15 is 0 Å². The van der Waals surface area contributed by atoms with Crippen molar-refractivity contribution in [1.29, 1.82) is 0 Å². The van der Waals surface area contributed by atoms with Crippen molar-refractivity contribution in [3.63, 3.8) is 0 Å². The summed E-state index contributed by atoms with van der Waals surface area (Å²) in [5.41, 5.74) is 0.776.